The maximum absolute atomic E-state index is 4.43. The standard InChI is InChI=1S/C15H27N5/c1-7-8-9-10-19(5)15(16-4)17-11-14-12(2)18-20(6)13(14)3/h7H,1,8-11H2,2-6H3,(H,16,17). The van der Waals surface area contributed by atoms with Gasteiger partial charge in [0.15, 0.2) is 5.96 Å². The molecule has 20 heavy (non-hydrogen) atoms. The molecule has 0 aliphatic rings. The average molecular weight is 277 g/mol. The molecule has 0 aliphatic carbocycles. The molecule has 0 fully saturated rings. The third-order valence-corrected chi connectivity index (χ3v) is 3.56. The molecule has 0 unspecified atom stereocenters. The van der Waals surface area contributed by atoms with E-state index in [-0.39, 0.29) is 0 Å². The van der Waals surface area contributed by atoms with E-state index in [2.05, 4.69) is 40.9 Å². The van der Waals surface area contributed by atoms with Gasteiger partial charge in [0.05, 0.1) is 5.69 Å². The van der Waals surface area contributed by atoms with Crippen LogP contribution in [0.3, 0.4) is 0 Å². The van der Waals surface area contributed by atoms with Crippen molar-refractivity contribution in [3.63, 3.8) is 0 Å². The highest BCUT2D eigenvalue weighted by Gasteiger charge is 2.11. The molecular weight excluding hydrogens is 250 g/mol. The van der Waals surface area contributed by atoms with Crippen molar-refractivity contribution in [2.75, 3.05) is 20.6 Å². The zero-order valence-electron chi connectivity index (χ0n) is 13.4. The minimum Gasteiger partial charge on any atom is -0.352 e. The first-order valence-corrected chi connectivity index (χ1v) is 7.03. The summed E-state index contributed by atoms with van der Waals surface area (Å²) in [7, 11) is 5.85. The third kappa shape index (κ3) is 4.11. The van der Waals surface area contributed by atoms with Gasteiger partial charge >= 0.3 is 0 Å². The van der Waals surface area contributed by atoms with Gasteiger partial charge in [-0.15, -0.1) is 6.58 Å². The largest absolute Gasteiger partial charge is 0.352 e. The predicted octanol–water partition coefficient (Wildman–Crippen LogP) is 2.01. The highest BCUT2D eigenvalue weighted by atomic mass is 15.3. The molecule has 0 aromatic carbocycles. The summed E-state index contributed by atoms with van der Waals surface area (Å²) in [6, 6.07) is 0. The Labute approximate surface area is 122 Å². The van der Waals surface area contributed by atoms with Crippen LogP contribution in [-0.2, 0) is 13.6 Å². The van der Waals surface area contributed by atoms with Crippen LogP contribution in [0.25, 0.3) is 0 Å². The highest BCUT2D eigenvalue weighted by molar-refractivity contribution is 5.79. The molecular formula is C15H27N5. The van der Waals surface area contributed by atoms with E-state index >= 15 is 0 Å². The van der Waals surface area contributed by atoms with E-state index in [0.29, 0.717) is 0 Å². The Balaban J connectivity index is 2.59. The summed E-state index contributed by atoms with van der Waals surface area (Å²) in [5, 5.41) is 7.84. The number of unbranched alkanes of at least 4 members (excludes halogenated alkanes) is 1. The molecule has 1 heterocycles. The van der Waals surface area contributed by atoms with Crippen LogP contribution < -0.4 is 5.32 Å². The van der Waals surface area contributed by atoms with Crippen molar-refractivity contribution in [1.29, 1.82) is 0 Å². The molecule has 1 rings (SSSR count). The Morgan fingerprint density at radius 2 is 2.20 bits per heavy atom. The number of allylic oxidation sites excluding steroid dienone is 1. The van der Waals surface area contributed by atoms with Crippen molar-refractivity contribution in [2.24, 2.45) is 12.0 Å². The molecule has 5 nitrogen and oxygen atoms in total. The number of nitrogens with zero attached hydrogens (tertiary/aromatic N) is 4. The van der Waals surface area contributed by atoms with Gasteiger partial charge in [0.2, 0.25) is 0 Å². The number of aromatic nitrogens is 2. The Kier molecular flexibility index (Phi) is 6.28. The quantitative estimate of drug-likeness (QED) is 0.374. The van der Waals surface area contributed by atoms with Gasteiger partial charge in [-0.3, -0.25) is 9.67 Å². The highest BCUT2D eigenvalue weighted by Crippen LogP contribution is 2.11. The van der Waals surface area contributed by atoms with E-state index in [0.717, 1.165) is 37.6 Å². The molecule has 1 aromatic heterocycles. The average Bonchev–Trinajstić information content (AvgIpc) is 2.65. The first-order chi connectivity index (χ1) is 9.51. The Morgan fingerprint density at radius 1 is 1.50 bits per heavy atom. The molecule has 0 aliphatic heterocycles. The van der Waals surface area contributed by atoms with Crippen LogP contribution in [0.1, 0.15) is 29.8 Å². The van der Waals surface area contributed by atoms with E-state index < -0.39 is 0 Å². The molecule has 1 N–H and O–H groups in total. The molecule has 0 atom stereocenters. The van der Waals surface area contributed by atoms with E-state index in [1.54, 1.807) is 0 Å². The van der Waals surface area contributed by atoms with Gasteiger partial charge in [-0.2, -0.15) is 5.10 Å². The van der Waals surface area contributed by atoms with Gasteiger partial charge in [0.1, 0.15) is 0 Å². The van der Waals surface area contributed by atoms with Crippen LogP contribution in [0, 0.1) is 13.8 Å². The van der Waals surface area contributed by atoms with Crippen LogP contribution in [0.4, 0.5) is 0 Å². The number of hydrogen-bond acceptors (Lipinski definition) is 2. The molecule has 0 bridgehead atoms. The number of guanidine groups is 1. The van der Waals surface area contributed by atoms with Crippen molar-refractivity contribution in [3.8, 4) is 0 Å². The van der Waals surface area contributed by atoms with Crippen molar-refractivity contribution in [2.45, 2.75) is 33.2 Å². The fraction of sp³-hybridized carbons (Fsp3) is 0.600. The molecule has 0 amide bonds. The molecule has 5 heteroatoms. The van der Waals surface area contributed by atoms with Crippen molar-refractivity contribution in [3.05, 3.63) is 29.6 Å². The lowest BCUT2D eigenvalue weighted by molar-refractivity contribution is 0.469. The third-order valence-electron chi connectivity index (χ3n) is 3.56. The zero-order valence-corrected chi connectivity index (χ0v) is 13.4. The van der Waals surface area contributed by atoms with Gasteiger partial charge in [0, 0.05) is 45.5 Å². The van der Waals surface area contributed by atoms with Gasteiger partial charge in [-0.1, -0.05) is 6.08 Å². The molecule has 0 saturated heterocycles. The predicted molar refractivity (Wildman–Crippen MR) is 84.9 cm³/mol. The van der Waals surface area contributed by atoms with E-state index in [9.17, 15) is 0 Å². The minimum absolute atomic E-state index is 0.754. The van der Waals surface area contributed by atoms with Crippen LogP contribution in [0.2, 0.25) is 0 Å². The maximum Gasteiger partial charge on any atom is 0.193 e. The Bertz CT molecular complexity index is 473. The Hall–Kier alpha value is -1.78. The summed E-state index contributed by atoms with van der Waals surface area (Å²) in [5.41, 5.74) is 3.51. The number of hydrogen-bond donors (Lipinski definition) is 1. The molecule has 112 valence electrons. The van der Waals surface area contributed by atoms with Gasteiger partial charge < -0.3 is 10.2 Å². The van der Waals surface area contributed by atoms with Crippen LogP contribution >= 0.6 is 0 Å². The van der Waals surface area contributed by atoms with Crippen molar-refractivity contribution in [1.82, 2.24) is 20.0 Å². The van der Waals surface area contributed by atoms with Crippen LogP contribution in [-0.4, -0.2) is 41.3 Å². The number of rotatable bonds is 6. The van der Waals surface area contributed by atoms with Crippen molar-refractivity contribution >= 4 is 5.96 Å². The Morgan fingerprint density at radius 3 is 2.70 bits per heavy atom. The summed E-state index contributed by atoms with van der Waals surface area (Å²) >= 11 is 0. The van der Waals surface area contributed by atoms with E-state index in [4.69, 9.17) is 0 Å². The normalized spacial score (nSPS) is 11.6. The molecule has 1 aromatic rings. The SMILES string of the molecule is C=CCCCN(C)C(=NC)NCc1c(C)nn(C)c1C. The number of aryl methyl sites for hydroxylation is 2. The summed E-state index contributed by atoms with van der Waals surface area (Å²) < 4.78 is 1.92. The monoisotopic (exact) mass is 277 g/mol. The van der Waals surface area contributed by atoms with Gasteiger partial charge in [-0.05, 0) is 26.7 Å². The molecule has 0 saturated carbocycles. The summed E-state index contributed by atoms with van der Waals surface area (Å²) in [5.74, 6) is 0.914. The molecule has 0 radical (unpaired) electrons. The lowest BCUT2D eigenvalue weighted by Crippen LogP contribution is -2.39. The second-order valence-electron chi connectivity index (χ2n) is 5.03. The van der Waals surface area contributed by atoms with Crippen LogP contribution in [0.15, 0.2) is 17.6 Å². The summed E-state index contributed by atoms with van der Waals surface area (Å²) in [4.78, 5) is 6.47. The van der Waals surface area contributed by atoms with E-state index in [1.807, 2.05) is 31.8 Å². The summed E-state index contributed by atoms with van der Waals surface area (Å²) in [6.07, 6.45) is 4.07. The van der Waals surface area contributed by atoms with Gasteiger partial charge in [0.25, 0.3) is 0 Å². The lowest BCUT2D eigenvalue weighted by Gasteiger charge is -2.22. The lowest BCUT2D eigenvalue weighted by atomic mass is 10.2. The molecule has 0 spiro atoms. The number of aliphatic imine (C=N–C) groups is 1. The van der Waals surface area contributed by atoms with Crippen molar-refractivity contribution < 1.29 is 0 Å². The summed E-state index contributed by atoms with van der Waals surface area (Å²) in [6.45, 7) is 9.60. The van der Waals surface area contributed by atoms with Crippen LogP contribution in [0.5, 0.6) is 0 Å². The van der Waals surface area contributed by atoms with E-state index in [1.165, 1.54) is 11.3 Å². The first-order valence-electron chi connectivity index (χ1n) is 7.03. The zero-order chi connectivity index (χ0) is 15.1. The fourth-order valence-corrected chi connectivity index (χ4v) is 2.20. The van der Waals surface area contributed by atoms with Gasteiger partial charge in [-0.25, -0.2) is 0 Å². The second-order valence-corrected chi connectivity index (χ2v) is 5.03. The maximum atomic E-state index is 4.43. The topological polar surface area (TPSA) is 45.4 Å². The minimum atomic E-state index is 0.754. The fourth-order valence-electron chi connectivity index (χ4n) is 2.20. The number of nitrogens with one attached hydrogen (secondary N) is 1. The second kappa shape index (κ2) is 7.72. The smallest absolute Gasteiger partial charge is 0.193 e. The first kappa shape index (κ1) is 16.3.